The number of benzene rings is 1. The van der Waals surface area contributed by atoms with Gasteiger partial charge in [0.05, 0.1) is 12.2 Å². The number of hydrogen-bond acceptors (Lipinski definition) is 4. The first-order valence-corrected chi connectivity index (χ1v) is 7.31. The van der Waals surface area contributed by atoms with Crippen molar-refractivity contribution in [3.8, 4) is 5.75 Å². The van der Waals surface area contributed by atoms with Crippen molar-refractivity contribution in [1.82, 2.24) is 4.90 Å². The average molecular weight is 291 g/mol. The molecule has 5 nitrogen and oxygen atoms in total. The van der Waals surface area contributed by atoms with E-state index in [0.29, 0.717) is 19.6 Å². The minimum atomic E-state index is -0.550. The lowest BCUT2D eigenvalue weighted by atomic mass is 10.00. The van der Waals surface area contributed by atoms with Crippen LogP contribution in [0, 0.1) is 6.92 Å². The molecule has 0 radical (unpaired) electrons. The molecule has 0 bridgehead atoms. The molecular weight excluding hydrogens is 270 g/mol. The molecule has 1 unspecified atom stereocenters. The second-order valence-electron chi connectivity index (χ2n) is 5.28. The van der Waals surface area contributed by atoms with Crippen LogP contribution < -0.4 is 0 Å². The number of piperidine rings is 1. The molecule has 1 aromatic carbocycles. The van der Waals surface area contributed by atoms with E-state index in [9.17, 15) is 14.7 Å². The van der Waals surface area contributed by atoms with Crippen LogP contribution >= 0.6 is 0 Å². The summed E-state index contributed by atoms with van der Waals surface area (Å²) in [7, 11) is 0. The van der Waals surface area contributed by atoms with Crippen LogP contribution in [0.2, 0.25) is 0 Å². The molecule has 1 heterocycles. The van der Waals surface area contributed by atoms with E-state index >= 15 is 0 Å². The smallest absolute Gasteiger partial charge is 0.328 e. The number of aryl methyl sites for hydroxylation is 1. The predicted molar refractivity (Wildman–Crippen MR) is 78.2 cm³/mol. The van der Waals surface area contributed by atoms with Gasteiger partial charge in [-0.15, -0.1) is 0 Å². The van der Waals surface area contributed by atoms with Crippen LogP contribution in [-0.2, 0) is 9.53 Å². The summed E-state index contributed by atoms with van der Waals surface area (Å²) in [5.74, 6) is -0.731. The Morgan fingerprint density at radius 2 is 2.14 bits per heavy atom. The van der Waals surface area contributed by atoms with Gasteiger partial charge < -0.3 is 14.7 Å². The number of phenols is 1. The normalized spacial score (nSPS) is 18.4. The van der Waals surface area contributed by atoms with Gasteiger partial charge in [-0.3, -0.25) is 4.79 Å². The first kappa shape index (κ1) is 15.4. The number of carbonyl (C=O) groups is 2. The second kappa shape index (κ2) is 6.61. The highest BCUT2D eigenvalue weighted by atomic mass is 16.5. The first-order valence-electron chi connectivity index (χ1n) is 7.31. The molecule has 2 rings (SSSR count). The Hall–Kier alpha value is -2.04. The van der Waals surface area contributed by atoms with Gasteiger partial charge in [0, 0.05) is 6.54 Å². The fourth-order valence-corrected chi connectivity index (χ4v) is 2.63. The quantitative estimate of drug-likeness (QED) is 0.867. The number of aromatic hydroxyl groups is 1. The van der Waals surface area contributed by atoms with Crippen molar-refractivity contribution < 1.29 is 19.4 Å². The summed E-state index contributed by atoms with van der Waals surface area (Å²) in [4.78, 5) is 26.2. The number of hydrogen-bond donors (Lipinski definition) is 1. The summed E-state index contributed by atoms with van der Waals surface area (Å²) in [6.45, 7) is 4.41. The Morgan fingerprint density at radius 1 is 1.38 bits per heavy atom. The van der Waals surface area contributed by atoms with E-state index in [1.54, 1.807) is 19.1 Å². The summed E-state index contributed by atoms with van der Waals surface area (Å²) < 4.78 is 5.06. The van der Waals surface area contributed by atoms with Crippen molar-refractivity contribution >= 4 is 11.9 Å². The summed E-state index contributed by atoms with van der Waals surface area (Å²) >= 11 is 0. The summed E-state index contributed by atoms with van der Waals surface area (Å²) in [6, 6.07) is 4.34. The zero-order chi connectivity index (χ0) is 15.4. The fourth-order valence-electron chi connectivity index (χ4n) is 2.63. The lowest BCUT2D eigenvalue weighted by Gasteiger charge is -2.34. The van der Waals surface area contributed by atoms with Crippen molar-refractivity contribution in [2.75, 3.05) is 13.2 Å². The Balaban J connectivity index is 2.26. The van der Waals surface area contributed by atoms with Gasteiger partial charge >= 0.3 is 5.97 Å². The summed E-state index contributed by atoms with van der Waals surface area (Å²) in [6.07, 6.45) is 2.36. The molecule has 1 N–H and O–H groups in total. The van der Waals surface area contributed by atoms with Crippen LogP contribution in [0.4, 0.5) is 0 Å². The van der Waals surface area contributed by atoms with Gasteiger partial charge in [-0.1, -0.05) is 11.6 Å². The molecule has 114 valence electrons. The van der Waals surface area contributed by atoms with E-state index in [2.05, 4.69) is 0 Å². The number of carbonyl (C=O) groups excluding carboxylic acids is 2. The monoisotopic (exact) mass is 291 g/mol. The molecule has 0 aromatic heterocycles. The van der Waals surface area contributed by atoms with E-state index in [1.165, 1.54) is 11.0 Å². The Morgan fingerprint density at radius 3 is 2.86 bits per heavy atom. The van der Waals surface area contributed by atoms with E-state index in [0.717, 1.165) is 18.4 Å². The average Bonchev–Trinajstić information content (AvgIpc) is 2.49. The van der Waals surface area contributed by atoms with E-state index in [4.69, 9.17) is 4.74 Å². The molecule has 1 aliphatic rings. The molecule has 1 aliphatic heterocycles. The predicted octanol–water partition coefficient (Wildman–Crippen LogP) is 2.26. The molecule has 1 amide bonds. The molecule has 0 saturated carbocycles. The molecule has 5 heteroatoms. The van der Waals surface area contributed by atoms with Crippen LogP contribution in [0.25, 0.3) is 0 Å². The molecule has 0 spiro atoms. The topological polar surface area (TPSA) is 66.8 Å². The number of rotatable bonds is 3. The van der Waals surface area contributed by atoms with Crippen LogP contribution in [0.15, 0.2) is 18.2 Å². The second-order valence-corrected chi connectivity index (χ2v) is 5.28. The van der Waals surface area contributed by atoms with Crippen LogP contribution in [-0.4, -0.2) is 41.1 Å². The van der Waals surface area contributed by atoms with Crippen LogP contribution in [0.3, 0.4) is 0 Å². The largest absolute Gasteiger partial charge is 0.507 e. The third kappa shape index (κ3) is 3.35. The van der Waals surface area contributed by atoms with E-state index in [1.807, 2.05) is 6.92 Å². The Bertz CT molecular complexity index is 541. The number of amides is 1. The van der Waals surface area contributed by atoms with Crippen LogP contribution in [0.5, 0.6) is 5.75 Å². The Kier molecular flexibility index (Phi) is 4.83. The van der Waals surface area contributed by atoms with Crippen molar-refractivity contribution in [2.24, 2.45) is 0 Å². The zero-order valence-corrected chi connectivity index (χ0v) is 12.5. The first-order chi connectivity index (χ1) is 10.0. The van der Waals surface area contributed by atoms with E-state index < -0.39 is 6.04 Å². The number of ether oxygens (including phenoxy) is 1. The molecule has 1 fully saturated rings. The fraction of sp³-hybridized carbons (Fsp3) is 0.500. The standard InChI is InChI=1S/C16H21NO4/c1-3-21-16(20)13-6-4-5-9-17(13)15(19)12-10-11(2)7-8-14(12)18/h7-8,10,13,18H,3-6,9H2,1-2H3. The molecule has 21 heavy (non-hydrogen) atoms. The highest BCUT2D eigenvalue weighted by Crippen LogP contribution is 2.25. The van der Waals surface area contributed by atoms with Crippen LogP contribution in [0.1, 0.15) is 42.1 Å². The number of likely N-dealkylation sites (tertiary alicyclic amines) is 1. The summed E-state index contributed by atoms with van der Waals surface area (Å²) in [5, 5.41) is 9.90. The molecule has 0 aliphatic carbocycles. The lowest BCUT2D eigenvalue weighted by molar-refractivity contribution is -0.149. The van der Waals surface area contributed by atoms with Gasteiger partial charge in [0.2, 0.25) is 0 Å². The highest BCUT2D eigenvalue weighted by Gasteiger charge is 2.34. The number of esters is 1. The van der Waals surface area contributed by atoms with Crippen molar-refractivity contribution in [2.45, 2.75) is 39.2 Å². The van der Waals surface area contributed by atoms with Gasteiger partial charge in [-0.2, -0.15) is 0 Å². The molecule has 1 saturated heterocycles. The van der Waals surface area contributed by atoms with E-state index in [-0.39, 0.29) is 23.2 Å². The van der Waals surface area contributed by atoms with Crippen molar-refractivity contribution in [3.63, 3.8) is 0 Å². The maximum atomic E-state index is 12.7. The van der Waals surface area contributed by atoms with Gasteiger partial charge in [0.15, 0.2) is 0 Å². The minimum absolute atomic E-state index is 0.0567. The summed E-state index contributed by atoms with van der Waals surface area (Å²) in [5.41, 5.74) is 1.13. The lowest BCUT2D eigenvalue weighted by Crippen LogP contribution is -2.48. The van der Waals surface area contributed by atoms with Gasteiger partial charge in [-0.05, 0) is 45.2 Å². The molecule has 1 aromatic rings. The van der Waals surface area contributed by atoms with Gasteiger partial charge in [0.1, 0.15) is 11.8 Å². The number of phenolic OH excluding ortho intramolecular Hbond substituents is 1. The highest BCUT2D eigenvalue weighted by molar-refractivity contribution is 5.99. The third-order valence-electron chi connectivity index (χ3n) is 3.70. The van der Waals surface area contributed by atoms with Gasteiger partial charge in [-0.25, -0.2) is 4.79 Å². The van der Waals surface area contributed by atoms with Crippen molar-refractivity contribution in [1.29, 1.82) is 0 Å². The minimum Gasteiger partial charge on any atom is -0.507 e. The Labute approximate surface area is 124 Å². The molecular formula is C16H21NO4. The maximum Gasteiger partial charge on any atom is 0.328 e. The molecule has 1 atom stereocenters. The third-order valence-corrected chi connectivity index (χ3v) is 3.70. The van der Waals surface area contributed by atoms with Crippen molar-refractivity contribution in [3.05, 3.63) is 29.3 Å². The zero-order valence-electron chi connectivity index (χ0n) is 12.5. The maximum absolute atomic E-state index is 12.7. The SMILES string of the molecule is CCOC(=O)C1CCCCN1C(=O)c1cc(C)ccc1O. The number of nitrogens with zero attached hydrogens (tertiary/aromatic N) is 1. The van der Waals surface area contributed by atoms with Gasteiger partial charge in [0.25, 0.3) is 5.91 Å².